The van der Waals surface area contributed by atoms with Crippen LogP contribution >= 0.6 is 15.9 Å². The molecule has 0 fully saturated rings. The van der Waals surface area contributed by atoms with Crippen molar-refractivity contribution in [2.45, 2.75) is 20.4 Å². The van der Waals surface area contributed by atoms with E-state index < -0.39 is 0 Å². The molecule has 1 aromatic carbocycles. The Morgan fingerprint density at radius 1 is 1.31 bits per heavy atom. The molecular formula is C11H12BrN3O. The zero-order valence-electron chi connectivity index (χ0n) is 9.12. The molecule has 0 aliphatic heterocycles. The summed E-state index contributed by atoms with van der Waals surface area (Å²) in [5.41, 5.74) is 2.43. The molecular weight excluding hydrogens is 270 g/mol. The first-order valence-corrected chi connectivity index (χ1v) is 5.73. The Morgan fingerprint density at radius 3 is 2.75 bits per heavy atom. The van der Waals surface area contributed by atoms with Crippen LogP contribution in [-0.4, -0.2) is 10.2 Å². The highest BCUT2D eigenvalue weighted by Crippen LogP contribution is 2.16. The van der Waals surface area contributed by atoms with E-state index in [1.807, 2.05) is 6.07 Å². The highest BCUT2D eigenvalue weighted by Gasteiger charge is 2.03. The molecule has 2 aromatic rings. The second kappa shape index (κ2) is 4.65. The molecule has 0 saturated heterocycles. The summed E-state index contributed by atoms with van der Waals surface area (Å²) in [5.74, 6) is 0.565. The lowest BCUT2D eigenvalue weighted by molar-refractivity contribution is 0.530. The first kappa shape index (κ1) is 11.1. The molecule has 5 heteroatoms. The minimum Gasteiger partial charge on any atom is -0.408 e. The Bertz CT molecular complexity index is 496. The molecule has 0 spiro atoms. The number of aryl methyl sites for hydroxylation is 2. The fourth-order valence-electron chi connectivity index (χ4n) is 1.40. The summed E-state index contributed by atoms with van der Waals surface area (Å²) in [6, 6.07) is 6.62. The second-order valence-corrected chi connectivity index (χ2v) is 4.47. The third-order valence-corrected chi connectivity index (χ3v) is 2.75. The highest BCUT2D eigenvalue weighted by molar-refractivity contribution is 9.10. The van der Waals surface area contributed by atoms with Crippen LogP contribution in [0.25, 0.3) is 0 Å². The largest absolute Gasteiger partial charge is 0.408 e. The minimum atomic E-state index is 0.458. The molecule has 1 aromatic heterocycles. The quantitative estimate of drug-likeness (QED) is 0.940. The number of aromatic nitrogens is 2. The predicted molar refractivity (Wildman–Crippen MR) is 65.2 cm³/mol. The van der Waals surface area contributed by atoms with Crippen LogP contribution in [0, 0.1) is 13.8 Å². The maximum absolute atomic E-state index is 5.23. The first-order valence-electron chi connectivity index (χ1n) is 4.94. The number of anilines is 1. The van der Waals surface area contributed by atoms with E-state index in [9.17, 15) is 0 Å². The zero-order valence-corrected chi connectivity index (χ0v) is 10.7. The van der Waals surface area contributed by atoms with Crippen LogP contribution in [0.15, 0.2) is 27.1 Å². The monoisotopic (exact) mass is 281 g/mol. The van der Waals surface area contributed by atoms with Crippen molar-refractivity contribution in [1.29, 1.82) is 0 Å². The average Bonchev–Trinajstić information content (AvgIpc) is 2.63. The van der Waals surface area contributed by atoms with Gasteiger partial charge in [0.05, 0.1) is 0 Å². The molecule has 84 valence electrons. The van der Waals surface area contributed by atoms with Gasteiger partial charge in [0.25, 0.3) is 0 Å². The van der Waals surface area contributed by atoms with Crippen molar-refractivity contribution in [2.24, 2.45) is 0 Å². The molecule has 0 saturated carbocycles. The number of nitrogens with one attached hydrogen (secondary N) is 1. The van der Waals surface area contributed by atoms with Gasteiger partial charge in [-0.2, -0.15) is 0 Å². The van der Waals surface area contributed by atoms with Crippen LogP contribution in [0.1, 0.15) is 17.0 Å². The van der Waals surface area contributed by atoms with E-state index in [1.165, 1.54) is 11.1 Å². The lowest BCUT2D eigenvalue weighted by atomic mass is 10.1. The molecule has 1 heterocycles. The van der Waals surface area contributed by atoms with Crippen molar-refractivity contribution in [1.82, 2.24) is 10.2 Å². The molecule has 0 unspecified atom stereocenters. The predicted octanol–water partition coefficient (Wildman–Crippen LogP) is 3.06. The van der Waals surface area contributed by atoms with Crippen LogP contribution in [0.4, 0.5) is 6.01 Å². The number of hydrogen-bond donors (Lipinski definition) is 1. The van der Waals surface area contributed by atoms with E-state index in [0.717, 1.165) is 4.47 Å². The Kier molecular flexibility index (Phi) is 3.24. The lowest BCUT2D eigenvalue weighted by Crippen LogP contribution is -2.01. The fourth-order valence-corrected chi connectivity index (χ4v) is 1.87. The van der Waals surface area contributed by atoms with E-state index in [-0.39, 0.29) is 0 Å². The summed E-state index contributed by atoms with van der Waals surface area (Å²) in [6.45, 7) is 4.52. The average molecular weight is 282 g/mol. The first-order chi connectivity index (χ1) is 7.65. The highest BCUT2D eigenvalue weighted by atomic mass is 79.9. The normalized spacial score (nSPS) is 10.4. The minimum absolute atomic E-state index is 0.458. The van der Waals surface area contributed by atoms with Gasteiger partial charge in [0, 0.05) is 17.9 Å². The van der Waals surface area contributed by atoms with E-state index in [0.29, 0.717) is 18.5 Å². The molecule has 0 bridgehead atoms. The summed E-state index contributed by atoms with van der Waals surface area (Å²) in [7, 11) is 0. The van der Waals surface area contributed by atoms with Gasteiger partial charge in [0.1, 0.15) is 0 Å². The number of hydrogen-bond acceptors (Lipinski definition) is 4. The number of rotatable bonds is 3. The topological polar surface area (TPSA) is 51.0 Å². The maximum atomic E-state index is 5.23. The summed E-state index contributed by atoms with van der Waals surface area (Å²) >= 11 is 3.43. The Hall–Kier alpha value is -1.36. The third-order valence-electron chi connectivity index (χ3n) is 2.26. The number of halogens is 1. The third kappa shape index (κ3) is 2.61. The van der Waals surface area contributed by atoms with Crippen LogP contribution in [-0.2, 0) is 6.54 Å². The zero-order chi connectivity index (χ0) is 11.5. The lowest BCUT2D eigenvalue weighted by Gasteiger charge is -2.06. The van der Waals surface area contributed by atoms with Crippen molar-refractivity contribution in [3.63, 3.8) is 0 Å². The van der Waals surface area contributed by atoms with Crippen LogP contribution < -0.4 is 5.32 Å². The molecule has 4 nitrogen and oxygen atoms in total. The summed E-state index contributed by atoms with van der Waals surface area (Å²) in [6.07, 6.45) is 0. The molecule has 0 amide bonds. The standard InChI is InChI=1S/C11H12BrN3O/c1-7-5-10(12)4-3-9(7)6-13-11-15-14-8(2)16-11/h3-5H,6H2,1-2H3,(H,13,15). The Balaban J connectivity index is 2.04. The summed E-state index contributed by atoms with van der Waals surface area (Å²) < 4.78 is 6.31. The summed E-state index contributed by atoms with van der Waals surface area (Å²) in [4.78, 5) is 0. The van der Waals surface area contributed by atoms with Gasteiger partial charge in [-0.1, -0.05) is 27.1 Å². The van der Waals surface area contributed by atoms with Gasteiger partial charge in [0.15, 0.2) is 0 Å². The fraction of sp³-hybridized carbons (Fsp3) is 0.273. The van der Waals surface area contributed by atoms with Crippen molar-refractivity contribution in [3.8, 4) is 0 Å². The molecule has 16 heavy (non-hydrogen) atoms. The second-order valence-electron chi connectivity index (χ2n) is 3.55. The van der Waals surface area contributed by atoms with E-state index >= 15 is 0 Å². The van der Waals surface area contributed by atoms with Crippen LogP contribution in [0.5, 0.6) is 0 Å². The van der Waals surface area contributed by atoms with Gasteiger partial charge < -0.3 is 9.73 Å². The molecule has 0 radical (unpaired) electrons. The number of benzene rings is 1. The maximum Gasteiger partial charge on any atom is 0.315 e. The van der Waals surface area contributed by atoms with Crippen molar-refractivity contribution < 1.29 is 4.42 Å². The van der Waals surface area contributed by atoms with Gasteiger partial charge in [-0.15, -0.1) is 5.10 Å². The smallest absolute Gasteiger partial charge is 0.315 e. The van der Waals surface area contributed by atoms with Gasteiger partial charge in [-0.05, 0) is 30.2 Å². The van der Waals surface area contributed by atoms with E-state index in [2.05, 4.69) is 50.5 Å². The molecule has 0 atom stereocenters. The van der Waals surface area contributed by atoms with Crippen molar-refractivity contribution in [2.75, 3.05) is 5.32 Å². The number of nitrogens with zero attached hydrogens (tertiary/aromatic N) is 2. The van der Waals surface area contributed by atoms with Crippen LogP contribution in [0.3, 0.4) is 0 Å². The van der Waals surface area contributed by atoms with E-state index in [1.54, 1.807) is 6.92 Å². The Labute approximate surface area is 102 Å². The molecule has 1 N–H and O–H groups in total. The van der Waals surface area contributed by atoms with Crippen molar-refractivity contribution in [3.05, 3.63) is 39.7 Å². The van der Waals surface area contributed by atoms with Gasteiger partial charge in [0.2, 0.25) is 5.89 Å². The molecule has 0 aliphatic rings. The van der Waals surface area contributed by atoms with Gasteiger partial charge >= 0.3 is 6.01 Å². The van der Waals surface area contributed by atoms with Crippen molar-refractivity contribution >= 4 is 21.9 Å². The Morgan fingerprint density at radius 2 is 2.12 bits per heavy atom. The SMILES string of the molecule is Cc1nnc(NCc2ccc(Br)cc2C)o1. The van der Waals surface area contributed by atoms with Gasteiger partial charge in [-0.25, -0.2) is 0 Å². The van der Waals surface area contributed by atoms with Crippen LogP contribution in [0.2, 0.25) is 0 Å². The molecule has 0 aliphatic carbocycles. The summed E-state index contributed by atoms with van der Waals surface area (Å²) in [5, 5.41) is 10.7. The molecule has 2 rings (SSSR count). The van der Waals surface area contributed by atoms with Gasteiger partial charge in [-0.3, -0.25) is 0 Å². The van der Waals surface area contributed by atoms with E-state index in [4.69, 9.17) is 4.42 Å².